The Kier molecular flexibility index (Phi) is 6.53. The van der Waals surface area contributed by atoms with Crippen LogP contribution in [0.25, 0.3) is 0 Å². The van der Waals surface area contributed by atoms with Gasteiger partial charge in [0, 0.05) is 19.0 Å². The Morgan fingerprint density at radius 3 is 2.68 bits per heavy atom. The van der Waals surface area contributed by atoms with Gasteiger partial charge in [0.05, 0.1) is 4.90 Å². The predicted molar refractivity (Wildman–Crippen MR) is 103 cm³/mol. The Morgan fingerprint density at radius 1 is 1.11 bits per heavy atom. The average Bonchev–Trinajstić information content (AvgIpc) is 2.69. The van der Waals surface area contributed by atoms with Crippen molar-refractivity contribution in [3.8, 4) is 11.5 Å². The molecule has 0 spiro atoms. The second-order valence-corrected chi connectivity index (χ2v) is 8.22. The lowest BCUT2D eigenvalue weighted by Gasteiger charge is -2.18. The molecule has 2 aromatic carbocycles. The quantitative estimate of drug-likeness (QED) is 0.536. The van der Waals surface area contributed by atoms with Gasteiger partial charge in [0.15, 0.2) is 11.5 Å². The third-order valence-corrected chi connectivity index (χ3v) is 5.61. The van der Waals surface area contributed by atoms with E-state index in [-0.39, 0.29) is 30.4 Å². The summed E-state index contributed by atoms with van der Waals surface area (Å²) in [4.78, 5) is 11.9. The fourth-order valence-corrected chi connectivity index (χ4v) is 3.84. The van der Waals surface area contributed by atoms with E-state index in [1.807, 2.05) is 31.2 Å². The van der Waals surface area contributed by atoms with Crippen molar-refractivity contribution in [3.05, 3.63) is 53.6 Å². The Hall–Kier alpha value is -2.58. The molecule has 3 rings (SSSR count). The van der Waals surface area contributed by atoms with Crippen molar-refractivity contribution < 1.29 is 27.4 Å². The first-order valence-corrected chi connectivity index (χ1v) is 10.5. The minimum Gasteiger partial charge on any atom is -0.486 e. The van der Waals surface area contributed by atoms with Gasteiger partial charge in [0.25, 0.3) is 0 Å². The molecule has 0 bridgehead atoms. The van der Waals surface area contributed by atoms with E-state index in [2.05, 4.69) is 4.72 Å². The molecule has 0 aliphatic carbocycles. The molecular weight excluding hydrogens is 382 g/mol. The summed E-state index contributed by atoms with van der Waals surface area (Å²) in [5.74, 6) is 0.579. The van der Waals surface area contributed by atoms with Crippen molar-refractivity contribution in [2.75, 3.05) is 19.8 Å². The zero-order valence-corrected chi connectivity index (χ0v) is 16.5. The van der Waals surface area contributed by atoms with Gasteiger partial charge in [-0.25, -0.2) is 13.1 Å². The highest BCUT2D eigenvalue weighted by Gasteiger charge is 2.19. The van der Waals surface area contributed by atoms with Gasteiger partial charge in [-0.1, -0.05) is 29.8 Å². The van der Waals surface area contributed by atoms with Crippen LogP contribution in [0, 0.1) is 6.92 Å². The van der Waals surface area contributed by atoms with Crippen LogP contribution in [-0.2, 0) is 26.2 Å². The molecule has 0 atom stereocenters. The molecule has 150 valence electrons. The van der Waals surface area contributed by atoms with E-state index in [0.29, 0.717) is 31.1 Å². The average molecular weight is 405 g/mol. The van der Waals surface area contributed by atoms with Crippen LogP contribution < -0.4 is 14.2 Å². The highest BCUT2D eigenvalue weighted by Crippen LogP contribution is 2.32. The second-order valence-electron chi connectivity index (χ2n) is 6.46. The lowest BCUT2D eigenvalue weighted by Crippen LogP contribution is -2.25. The first-order chi connectivity index (χ1) is 13.4. The van der Waals surface area contributed by atoms with Crippen LogP contribution in [0.1, 0.15) is 24.0 Å². The Balaban J connectivity index is 1.43. The monoisotopic (exact) mass is 405 g/mol. The van der Waals surface area contributed by atoms with Crippen molar-refractivity contribution in [1.29, 1.82) is 0 Å². The van der Waals surface area contributed by atoms with Gasteiger partial charge in [-0.15, -0.1) is 0 Å². The Morgan fingerprint density at radius 2 is 1.89 bits per heavy atom. The first-order valence-electron chi connectivity index (χ1n) is 9.04. The first kappa shape index (κ1) is 20.2. The summed E-state index contributed by atoms with van der Waals surface area (Å²) in [7, 11) is -3.69. The molecule has 7 nitrogen and oxygen atoms in total. The van der Waals surface area contributed by atoms with Crippen molar-refractivity contribution in [3.63, 3.8) is 0 Å². The van der Waals surface area contributed by atoms with Crippen LogP contribution >= 0.6 is 0 Å². The number of nitrogens with one attached hydrogen (secondary N) is 1. The number of benzene rings is 2. The molecule has 0 amide bonds. The Bertz CT molecular complexity index is 941. The van der Waals surface area contributed by atoms with Crippen molar-refractivity contribution >= 4 is 16.0 Å². The van der Waals surface area contributed by atoms with Crippen LogP contribution in [-0.4, -0.2) is 34.1 Å². The number of esters is 1. The number of hydrogen-bond acceptors (Lipinski definition) is 6. The summed E-state index contributed by atoms with van der Waals surface area (Å²) in [6.45, 7) is 3.14. The fourth-order valence-electron chi connectivity index (χ4n) is 2.75. The van der Waals surface area contributed by atoms with E-state index >= 15 is 0 Å². The maximum Gasteiger partial charge on any atom is 0.306 e. The van der Waals surface area contributed by atoms with Gasteiger partial charge in [-0.3, -0.25) is 4.79 Å². The number of hydrogen-bond donors (Lipinski definition) is 1. The molecule has 0 unspecified atom stereocenters. The highest BCUT2D eigenvalue weighted by atomic mass is 32.2. The molecule has 0 saturated heterocycles. The van der Waals surface area contributed by atoms with Gasteiger partial charge in [0.2, 0.25) is 10.0 Å². The van der Waals surface area contributed by atoms with E-state index in [1.165, 1.54) is 12.1 Å². The molecule has 28 heavy (non-hydrogen) atoms. The van der Waals surface area contributed by atoms with E-state index in [9.17, 15) is 13.2 Å². The fraction of sp³-hybridized carbons (Fsp3) is 0.350. The normalized spacial score (nSPS) is 13.2. The summed E-state index contributed by atoms with van der Waals surface area (Å²) in [5, 5.41) is 0. The molecule has 0 fully saturated rings. The number of carbonyl (C=O) groups excluding carboxylic acids is 1. The van der Waals surface area contributed by atoms with Crippen LogP contribution in [0.15, 0.2) is 47.4 Å². The number of fused-ring (bicyclic) bond motifs is 1. The van der Waals surface area contributed by atoms with Crippen LogP contribution in [0.2, 0.25) is 0 Å². The second kappa shape index (κ2) is 9.07. The van der Waals surface area contributed by atoms with Gasteiger partial charge in [0.1, 0.15) is 19.8 Å². The third kappa shape index (κ3) is 5.46. The van der Waals surface area contributed by atoms with E-state index in [1.54, 1.807) is 6.07 Å². The minimum atomic E-state index is -3.69. The lowest BCUT2D eigenvalue weighted by molar-refractivity contribution is -0.145. The molecule has 0 radical (unpaired) electrons. The van der Waals surface area contributed by atoms with Crippen molar-refractivity contribution in [1.82, 2.24) is 4.72 Å². The molecule has 1 aliphatic rings. The topological polar surface area (TPSA) is 90.9 Å². The largest absolute Gasteiger partial charge is 0.486 e. The van der Waals surface area contributed by atoms with Gasteiger partial charge in [-0.2, -0.15) is 0 Å². The number of rotatable bonds is 8. The predicted octanol–water partition coefficient (Wildman–Crippen LogP) is 2.57. The number of ether oxygens (including phenoxy) is 3. The third-order valence-electron chi connectivity index (χ3n) is 4.16. The highest BCUT2D eigenvalue weighted by molar-refractivity contribution is 7.89. The van der Waals surface area contributed by atoms with E-state index in [0.717, 1.165) is 11.1 Å². The molecule has 1 aliphatic heterocycles. The summed E-state index contributed by atoms with van der Waals surface area (Å²) in [6, 6.07) is 12.2. The molecule has 1 N–H and O–H groups in total. The number of sulfonamides is 1. The summed E-state index contributed by atoms with van der Waals surface area (Å²) in [6.07, 6.45) is 0.478. The summed E-state index contributed by atoms with van der Waals surface area (Å²) < 4.78 is 43.3. The standard InChI is InChI=1S/C20H23NO6S/c1-15-4-2-5-16(12-15)14-27-20(22)6-3-9-21-28(23,24)17-7-8-18-19(13-17)26-11-10-25-18/h2,4-5,7-8,12-13,21H,3,6,9-11,14H2,1H3. The van der Waals surface area contributed by atoms with Gasteiger partial charge < -0.3 is 14.2 Å². The SMILES string of the molecule is Cc1cccc(COC(=O)CCCNS(=O)(=O)c2ccc3c(c2)OCCO3)c1. The van der Waals surface area contributed by atoms with Crippen LogP contribution in [0.5, 0.6) is 11.5 Å². The molecule has 8 heteroatoms. The van der Waals surface area contributed by atoms with E-state index in [4.69, 9.17) is 14.2 Å². The van der Waals surface area contributed by atoms with Crippen LogP contribution in [0.3, 0.4) is 0 Å². The van der Waals surface area contributed by atoms with Gasteiger partial charge >= 0.3 is 5.97 Å². The molecule has 1 heterocycles. The minimum absolute atomic E-state index is 0.0961. The summed E-state index contributed by atoms with van der Waals surface area (Å²) >= 11 is 0. The van der Waals surface area contributed by atoms with E-state index < -0.39 is 10.0 Å². The number of carbonyl (C=O) groups is 1. The maximum absolute atomic E-state index is 12.4. The summed E-state index contributed by atoms with van der Waals surface area (Å²) in [5.41, 5.74) is 2.02. The lowest BCUT2D eigenvalue weighted by atomic mass is 10.1. The van der Waals surface area contributed by atoms with Crippen LogP contribution in [0.4, 0.5) is 0 Å². The van der Waals surface area contributed by atoms with Gasteiger partial charge in [-0.05, 0) is 31.0 Å². The maximum atomic E-state index is 12.4. The zero-order valence-electron chi connectivity index (χ0n) is 15.6. The smallest absolute Gasteiger partial charge is 0.306 e. The molecular formula is C20H23NO6S. The number of aryl methyl sites for hydroxylation is 1. The Labute approximate surface area is 164 Å². The zero-order chi connectivity index (χ0) is 20.0. The molecule has 0 aromatic heterocycles. The van der Waals surface area contributed by atoms with Crippen molar-refractivity contribution in [2.24, 2.45) is 0 Å². The molecule has 0 saturated carbocycles. The molecule has 2 aromatic rings. The van der Waals surface area contributed by atoms with Crippen molar-refractivity contribution in [2.45, 2.75) is 31.3 Å².